The van der Waals surface area contributed by atoms with Gasteiger partial charge in [-0.05, 0) is 13.3 Å². The number of methoxy groups -OCH3 is 1. The molecule has 0 aliphatic heterocycles. The molecule has 0 saturated heterocycles. The van der Waals surface area contributed by atoms with E-state index >= 15 is 0 Å². The SMILES string of the molecule is COCCCOCCn1cc(C(=O)O)c(C)n1. The molecule has 0 aromatic carbocycles. The van der Waals surface area contributed by atoms with Gasteiger partial charge < -0.3 is 14.6 Å². The number of aromatic nitrogens is 2. The second-order valence-corrected chi connectivity index (χ2v) is 3.66. The highest BCUT2D eigenvalue weighted by atomic mass is 16.5. The van der Waals surface area contributed by atoms with Crippen molar-refractivity contribution in [2.24, 2.45) is 0 Å². The molecule has 0 amide bonds. The van der Waals surface area contributed by atoms with E-state index in [-0.39, 0.29) is 5.56 Å². The van der Waals surface area contributed by atoms with Gasteiger partial charge in [0.05, 0.1) is 18.8 Å². The molecule has 0 saturated carbocycles. The lowest BCUT2D eigenvalue weighted by Crippen LogP contribution is -2.08. The van der Waals surface area contributed by atoms with Gasteiger partial charge >= 0.3 is 5.97 Å². The first-order valence-corrected chi connectivity index (χ1v) is 5.49. The lowest BCUT2D eigenvalue weighted by atomic mass is 10.3. The topological polar surface area (TPSA) is 73.6 Å². The Hall–Kier alpha value is -1.40. The molecule has 17 heavy (non-hydrogen) atoms. The number of carbonyl (C=O) groups is 1. The van der Waals surface area contributed by atoms with Crippen LogP contribution in [0.2, 0.25) is 0 Å². The largest absolute Gasteiger partial charge is 0.478 e. The number of ether oxygens (including phenoxy) is 2. The molecule has 0 aliphatic carbocycles. The van der Waals surface area contributed by atoms with Crippen molar-refractivity contribution in [3.63, 3.8) is 0 Å². The van der Waals surface area contributed by atoms with E-state index in [9.17, 15) is 4.79 Å². The van der Waals surface area contributed by atoms with E-state index in [0.717, 1.165) is 6.42 Å². The number of aromatic carboxylic acids is 1. The normalized spacial score (nSPS) is 10.7. The van der Waals surface area contributed by atoms with Crippen molar-refractivity contribution in [3.05, 3.63) is 17.5 Å². The molecule has 0 fully saturated rings. The first kappa shape index (κ1) is 13.7. The van der Waals surface area contributed by atoms with Crippen LogP contribution in [0.4, 0.5) is 0 Å². The number of hydrogen-bond acceptors (Lipinski definition) is 4. The van der Waals surface area contributed by atoms with Gasteiger partial charge in [0.1, 0.15) is 5.56 Å². The highest BCUT2D eigenvalue weighted by Crippen LogP contribution is 2.05. The van der Waals surface area contributed by atoms with E-state index in [1.54, 1.807) is 18.7 Å². The molecule has 0 unspecified atom stereocenters. The highest BCUT2D eigenvalue weighted by molar-refractivity contribution is 5.88. The Morgan fingerprint density at radius 3 is 2.82 bits per heavy atom. The van der Waals surface area contributed by atoms with Gasteiger partial charge in [-0.3, -0.25) is 4.68 Å². The fourth-order valence-corrected chi connectivity index (χ4v) is 1.41. The van der Waals surface area contributed by atoms with Gasteiger partial charge in [0.25, 0.3) is 0 Å². The third-order valence-electron chi connectivity index (χ3n) is 2.28. The molecule has 1 rings (SSSR count). The van der Waals surface area contributed by atoms with Crippen LogP contribution in [0.25, 0.3) is 0 Å². The number of carboxylic acid groups (broad SMARTS) is 1. The van der Waals surface area contributed by atoms with Crippen LogP contribution >= 0.6 is 0 Å². The van der Waals surface area contributed by atoms with Crippen molar-refractivity contribution in [1.82, 2.24) is 9.78 Å². The Kier molecular flexibility index (Phi) is 5.65. The number of carboxylic acids is 1. The van der Waals surface area contributed by atoms with Crippen LogP contribution in [0.1, 0.15) is 22.5 Å². The quantitative estimate of drug-likeness (QED) is 0.687. The summed E-state index contributed by atoms with van der Waals surface area (Å²) >= 11 is 0. The molecular weight excluding hydrogens is 224 g/mol. The highest BCUT2D eigenvalue weighted by Gasteiger charge is 2.11. The zero-order chi connectivity index (χ0) is 12.7. The minimum atomic E-state index is -0.949. The second-order valence-electron chi connectivity index (χ2n) is 3.66. The smallest absolute Gasteiger partial charge is 0.339 e. The molecule has 0 spiro atoms. The van der Waals surface area contributed by atoms with Crippen molar-refractivity contribution < 1.29 is 19.4 Å². The lowest BCUT2D eigenvalue weighted by Gasteiger charge is -2.03. The summed E-state index contributed by atoms with van der Waals surface area (Å²) in [6, 6.07) is 0. The van der Waals surface area contributed by atoms with E-state index in [4.69, 9.17) is 14.6 Å². The Balaban J connectivity index is 2.27. The van der Waals surface area contributed by atoms with E-state index in [0.29, 0.717) is 32.1 Å². The summed E-state index contributed by atoms with van der Waals surface area (Å²) in [4.78, 5) is 10.8. The predicted molar refractivity (Wildman–Crippen MR) is 61.2 cm³/mol. The second kappa shape index (κ2) is 7.03. The molecular formula is C11H18N2O4. The zero-order valence-electron chi connectivity index (χ0n) is 10.2. The van der Waals surface area contributed by atoms with Crippen molar-refractivity contribution in [1.29, 1.82) is 0 Å². The summed E-state index contributed by atoms with van der Waals surface area (Å²) in [6.45, 7) is 4.08. The maximum Gasteiger partial charge on any atom is 0.339 e. The minimum absolute atomic E-state index is 0.240. The number of rotatable bonds is 8. The summed E-state index contributed by atoms with van der Waals surface area (Å²) in [5.41, 5.74) is 0.765. The van der Waals surface area contributed by atoms with Gasteiger partial charge in [0.2, 0.25) is 0 Å². The fourth-order valence-electron chi connectivity index (χ4n) is 1.41. The molecule has 1 aromatic heterocycles. The van der Waals surface area contributed by atoms with E-state index in [1.165, 1.54) is 6.20 Å². The molecule has 0 aliphatic rings. The number of aryl methyl sites for hydroxylation is 1. The third-order valence-corrected chi connectivity index (χ3v) is 2.28. The van der Waals surface area contributed by atoms with E-state index < -0.39 is 5.97 Å². The Morgan fingerprint density at radius 1 is 1.47 bits per heavy atom. The maximum absolute atomic E-state index is 10.8. The standard InChI is InChI=1S/C11H18N2O4/c1-9-10(11(14)15)8-13(12-9)4-7-17-6-3-5-16-2/h8H,3-7H2,1-2H3,(H,14,15). The molecule has 0 atom stereocenters. The molecule has 1 heterocycles. The lowest BCUT2D eigenvalue weighted by molar-refractivity contribution is 0.0695. The molecule has 6 nitrogen and oxygen atoms in total. The average Bonchev–Trinajstić information content (AvgIpc) is 2.65. The molecule has 1 N–H and O–H groups in total. The molecule has 1 aromatic rings. The Bertz CT molecular complexity index is 362. The van der Waals surface area contributed by atoms with Gasteiger partial charge in [-0.15, -0.1) is 0 Å². The molecule has 96 valence electrons. The first-order chi connectivity index (χ1) is 8.15. The van der Waals surface area contributed by atoms with Crippen LogP contribution in [0.3, 0.4) is 0 Å². The monoisotopic (exact) mass is 242 g/mol. The summed E-state index contributed by atoms with van der Waals surface area (Å²) in [7, 11) is 1.65. The minimum Gasteiger partial charge on any atom is -0.478 e. The summed E-state index contributed by atoms with van der Waals surface area (Å²) < 4.78 is 11.8. The predicted octanol–water partition coefficient (Wildman–Crippen LogP) is 0.943. The zero-order valence-corrected chi connectivity index (χ0v) is 10.2. The van der Waals surface area contributed by atoms with Gasteiger partial charge in [0.15, 0.2) is 0 Å². The van der Waals surface area contributed by atoms with Gasteiger partial charge in [-0.2, -0.15) is 5.10 Å². The third kappa shape index (κ3) is 4.54. The van der Waals surface area contributed by atoms with Gasteiger partial charge in [-0.1, -0.05) is 0 Å². The van der Waals surface area contributed by atoms with Crippen LogP contribution in [-0.2, 0) is 16.0 Å². The molecule has 6 heteroatoms. The van der Waals surface area contributed by atoms with Crippen molar-refractivity contribution in [2.75, 3.05) is 26.9 Å². The Labute approximate surface area is 100 Å². The summed E-state index contributed by atoms with van der Waals surface area (Å²) in [5, 5.41) is 12.9. The van der Waals surface area contributed by atoms with Gasteiger partial charge in [-0.25, -0.2) is 4.79 Å². The van der Waals surface area contributed by atoms with Crippen LogP contribution in [-0.4, -0.2) is 47.8 Å². The van der Waals surface area contributed by atoms with E-state index in [1.807, 2.05) is 0 Å². The van der Waals surface area contributed by atoms with Crippen molar-refractivity contribution in [2.45, 2.75) is 19.9 Å². The number of hydrogen-bond donors (Lipinski definition) is 1. The fraction of sp³-hybridized carbons (Fsp3) is 0.636. The van der Waals surface area contributed by atoms with Crippen LogP contribution in [0.5, 0.6) is 0 Å². The first-order valence-electron chi connectivity index (χ1n) is 5.49. The van der Waals surface area contributed by atoms with Gasteiger partial charge in [0, 0.05) is 26.5 Å². The van der Waals surface area contributed by atoms with E-state index in [2.05, 4.69) is 5.10 Å². The molecule has 0 bridgehead atoms. The van der Waals surface area contributed by atoms with Crippen LogP contribution < -0.4 is 0 Å². The summed E-state index contributed by atoms with van der Waals surface area (Å²) in [6.07, 6.45) is 2.38. The summed E-state index contributed by atoms with van der Waals surface area (Å²) in [5.74, 6) is -0.949. The Morgan fingerprint density at radius 2 is 2.24 bits per heavy atom. The maximum atomic E-state index is 10.8. The number of nitrogens with zero attached hydrogens (tertiary/aromatic N) is 2. The van der Waals surface area contributed by atoms with Crippen LogP contribution in [0.15, 0.2) is 6.20 Å². The van der Waals surface area contributed by atoms with Crippen LogP contribution in [0, 0.1) is 6.92 Å². The average molecular weight is 242 g/mol. The molecule has 0 radical (unpaired) electrons. The van der Waals surface area contributed by atoms with Crippen molar-refractivity contribution >= 4 is 5.97 Å². The van der Waals surface area contributed by atoms with Crippen molar-refractivity contribution in [3.8, 4) is 0 Å².